The average Bonchev–Trinajstić information content (AvgIpc) is 3.31. The summed E-state index contributed by atoms with van der Waals surface area (Å²) in [4.78, 5) is 47.8. The number of ether oxygens (including phenoxy) is 1. The highest BCUT2D eigenvalue weighted by atomic mass is 16.5. The van der Waals surface area contributed by atoms with Crippen molar-refractivity contribution in [1.29, 1.82) is 0 Å². The maximum absolute atomic E-state index is 12.5. The third-order valence-electron chi connectivity index (χ3n) is 5.72. The molecule has 1 aliphatic rings. The maximum Gasteiger partial charge on any atom is 0.407 e. The largest absolute Gasteiger partial charge is 0.481 e. The minimum atomic E-state index is -1.34. The van der Waals surface area contributed by atoms with Gasteiger partial charge in [-0.05, 0) is 22.3 Å². The van der Waals surface area contributed by atoms with Gasteiger partial charge < -0.3 is 20.5 Å². The number of H-pyrrole nitrogens is 1. The van der Waals surface area contributed by atoms with Gasteiger partial charge in [0.1, 0.15) is 12.6 Å². The van der Waals surface area contributed by atoms with E-state index in [1.807, 2.05) is 48.5 Å². The number of amides is 2. The van der Waals surface area contributed by atoms with Crippen LogP contribution in [-0.4, -0.2) is 45.5 Å². The van der Waals surface area contributed by atoms with E-state index >= 15 is 0 Å². The Kier molecular flexibility index (Phi) is 6.48. The van der Waals surface area contributed by atoms with Crippen LogP contribution in [0.25, 0.3) is 11.1 Å². The lowest BCUT2D eigenvalue weighted by atomic mass is 9.98. The highest BCUT2D eigenvalue weighted by Crippen LogP contribution is 2.44. The summed E-state index contributed by atoms with van der Waals surface area (Å²) in [5.41, 5.74) is 4.39. The van der Waals surface area contributed by atoms with Crippen LogP contribution in [0.2, 0.25) is 0 Å². The van der Waals surface area contributed by atoms with Crippen LogP contribution < -0.4 is 16.2 Å². The number of carbonyl (C=O) groups is 3. The van der Waals surface area contributed by atoms with E-state index in [1.165, 1.54) is 17.8 Å². The topological polar surface area (TPSA) is 143 Å². The zero-order chi connectivity index (χ0) is 24.2. The van der Waals surface area contributed by atoms with Gasteiger partial charge in [0.25, 0.3) is 5.56 Å². The molecule has 2 amide bonds. The van der Waals surface area contributed by atoms with Crippen LogP contribution in [0, 0.1) is 0 Å². The molecular formula is C24H24N4O6. The van der Waals surface area contributed by atoms with Gasteiger partial charge in [0, 0.05) is 19.0 Å². The molecule has 0 bridgehead atoms. The van der Waals surface area contributed by atoms with Crippen molar-refractivity contribution < 1.29 is 24.2 Å². The van der Waals surface area contributed by atoms with Crippen molar-refractivity contribution in [2.75, 3.05) is 6.61 Å². The molecule has 1 heterocycles. The van der Waals surface area contributed by atoms with E-state index in [2.05, 4.69) is 15.7 Å². The third-order valence-corrected chi connectivity index (χ3v) is 5.72. The Morgan fingerprint density at radius 2 is 1.71 bits per heavy atom. The van der Waals surface area contributed by atoms with Crippen LogP contribution in [0.3, 0.4) is 0 Å². The van der Waals surface area contributed by atoms with Crippen molar-refractivity contribution in [1.82, 2.24) is 20.4 Å². The Morgan fingerprint density at radius 3 is 2.26 bits per heavy atom. The molecule has 3 aromatic rings. The second kappa shape index (κ2) is 9.65. The number of hydrogen-bond donors (Lipinski definition) is 4. The maximum atomic E-state index is 12.5. The van der Waals surface area contributed by atoms with Crippen molar-refractivity contribution >= 4 is 18.0 Å². The number of aromatic nitrogens is 2. The van der Waals surface area contributed by atoms with Crippen LogP contribution >= 0.6 is 0 Å². The summed E-state index contributed by atoms with van der Waals surface area (Å²) in [6.07, 6.45) is -1.52. The SMILES string of the molecule is Cn1[nH]c(CNC(=O)C(CC(=O)O)NC(=O)OCC2c3ccccc3-c3ccccc32)cc1=O. The van der Waals surface area contributed by atoms with Gasteiger partial charge in [-0.2, -0.15) is 0 Å². The predicted molar refractivity (Wildman–Crippen MR) is 122 cm³/mol. The van der Waals surface area contributed by atoms with Crippen molar-refractivity contribution in [3.63, 3.8) is 0 Å². The first kappa shape index (κ1) is 22.8. The fourth-order valence-corrected chi connectivity index (χ4v) is 4.11. The van der Waals surface area contributed by atoms with E-state index in [1.54, 1.807) is 0 Å². The standard InChI is InChI=1S/C24H24N4O6/c1-28-21(29)10-14(27-28)12-25-23(32)20(11-22(30)31)26-24(33)34-13-19-17-8-4-2-6-15(17)16-7-3-5-9-18(16)19/h2-10,19-20,27H,11-13H2,1H3,(H,25,32)(H,26,33)(H,30,31). The first-order valence-corrected chi connectivity index (χ1v) is 10.7. The first-order chi connectivity index (χ1) is 16.3. The number of rotatable bonds is 8. The Balaban J connectivity index is 1.39. The summed E-state index contributed by atoms with van der Waals surface area (Å²) in [5.74, 6) is -2.13. The van der Waals surface area contributed by atoms with Crippen molar-refractivity contribution in [3.8, 4) is 11.1 Å². The molecule has 0 aliphatic heterocycles. The van der Waals surface area contributed by atoms with E-state index in [4.69, 9.17) is 9.84 Å². The summed E-state index contributed by atoms with van der Waals surface area (Å²) >= 11 is 0. The van der Waals surface area contributed by atoms with Crippen molar-refractivity contribution in [2.24, 2.45) is 7.05 Å². The van der Waals surface area contributed by atoms with E-state index in [0.29, 0.717) is 5.69 Å². The molecule has 1 atom stereocenters. The fraction of sp³-hybridized carbons (Fsp3) is 0.250. The van der Waals surface area contributed by atoms with Crippen molar-refractivity contribution in [2.45, 2.75) is 24.9 Å². The van der Waals surface area contributed by atoms with Gasteiger partial charge in [-0.15, -0.1) is 0 Å². The van der Waals surface area contributed by atoms with Crippen LogP contribution in [0.5, 0.6) is 0 Å². The number of hydrogen-bond acceptors (Lipinski definition) is 5. The minimum absolute atomic E-state index is 0.0304. The highest BCUT2D eigenvalue weighted by Gasteiger charge is 2.30. The van der Waals surface area contributed by atoms with Gasteiger partial charge in [-0.3, -0.25) is 24.2 Å². The molecule has 34 heavy (non-hydrogen) atoms. The smallest absolute Gasteiger partial charge is 0.407 e. The normalized spacial score (nSPS) is 13.0. The molecule has 10 nitrogen and oxygen atoms in total. The molecule has 0 spiro atoms. The Hall–Kier alpha value is -4.34. The number of nitrogens with one attached hydrogen (secondary N) is 3. The summed E-state index contributed by atoms with van der Waals surface area (Å²) < 4.78 is 6.65. The molecule has 10 heteroatoms. The predicted octanol–water partition coefficient (Wildman–Crippen LogP) is 1.71. The number of carboxylic acids is 1. The van der Waals surface area contributed by atoms with Crippen LogP contribution in [-0.2, 0) is 27.9 Å². The molecule has 2 aromatic carbocycles. The summed E-state index contributed by atoms with van der Waals surface area (Å²) in [7, 11) is 1.53. The quantitative estimate of drug-likeness (QED) is 0.400. The Bertz CT molecular complexity index is 1250. The number of carboxylic acid groups (broad SMARTS) is 1. The molecule has 176 valence electrons. The number of carbonyl (C=O) groups excluding carboxylic acids is 2. The summed E-state index contributed by atoms with van der Waals surface area (Å²) in [6.45, 7) is 0.00389. The summed E-state index contributed by atoms with van der Waals surface area (Å²) in [5, 5.41) is 16.8. The Morgan fingerprint density at radius 1 is 1.09 bits per heavy atom. The number of alkyl carbamates (subject to hydrolysis) is 1. The van der Waals surface area contributed by atoms with E-state index in [0.717, 1.165) is 22.3 Å². The van der Waals surface area contributed by atoms with Crippen LogP contribution in [0.1, 0.15) is 29.2 Å². The lowest BCUT2D eigenvalue weighted by molar-refractivity contribution is -0.139. The number of nitrogens with zero attached hydrogens (tertiary/aromatic N) is 1. The van der Waals surface area contributed by atoms with E-state index < -0.39 is 30.4 Å². The van der Waals surface area contributed by atoms with Gasteiger partial charge in [0.2, 0.25) is 5.91 Å². The van der Waals surface area contributed by atoms with Gasteiger partial charge in [0.05, 0.1) is 18.7 Å². The average molecular weight is 464 g/mol. The lowest BCUT2D eigenvalue weighted by Crippen LogP contribution is -2.48. The molecule has 0 saturated heterocycles. The number of aliphatic carboxylic acids is 1. The monoisotopic (exact) mass is 464 g/mol. The van der Waals surface area contributed by atoms with Crippen LogP contribution in [0.15, 0.2) is 59.4 Å². The molecule has 4 N–H and O–H groups in total. The number of benzene rings is 2. The van der Waals surface area contributed by atoms with Gasteiger partial charge in [-0.25, -0.2) is 4.79 Å². The minimum Gasteiger partial charge on any atom is -0.481 e. The molecule has 0 radical (unpaired) electrons. The highest BCUT2D eigenvalue weighted by molar-refractivity contribution is 5.89. The number of fused-ring (bicyclic) bond motifs is 3. The molecule has 1 aliphatic carbocycles. The van der Waals surface area contributed by atoms with Gasteiger partial charge in [0.15, 0.2) is 0 Å². The first-order valence-electron chi connectivity index (χ1n) is 10.7. The second-order valence-corrected chi connectivity index (χ2v) is 8.02. The Labute approximate surface area is 194 Å². The molecule has 0 fully saturated rings. The fourth-order valence-electron chi connectivity index (χ4n) is 4.11. The molecule has 4 rings (SSSR count). The number of aromatic amines is 1. The van der Waals surface area contributed by atoms with Crippen LogP contribution in [0.4, 0.5) is 4.79 Å². The third kappa shape index (κ3) is 4.85. The zero-order valence-electron chi connectivity index (χ0n) is 18.4. The second-order valence-electron chi connectivity index (χ2n) is 8.02. The molecule has 0 saturated carbocycles. The number of aryl methyl sites for hydroxylation is 1. The van der Waals surface area contributed by atoms with Crippen molar-refractivity contribution in [3.05, 3.63) is 81.8 Å². The van der Waals surface area contributed by atoms with Gasteiger partial charge >= 0.3 is 12.1 Å². The molecular weight excluding hydrogens is 440 g/mol. The van der Waals surface area contributed by atoms with Gasteiger partial charge in [-0.1, -0.05) is 48.5 Å². The zero-order valence-corrected chi connectivity index (χ0v) is 18.4. The molecule has 1 unspecified atom stereocenters. The van der Waals surface area contributed by atoms with E-state index in [9.17, 15) is 19.2 Å². The summed E-state index contributed by atoms with van der Waals surface area (Å²) in [6, 6.07) is 15.7. The lowest BCUT2D eigenvalue weighted by Gasteiger charge is -2.18. The molecule has 1 aromatic heterocycles. The van der Waals surface area contributed by atoms with E-state index in [-0.39, 0.29) is 24.6 Å².